The third kappa shape index (κ3) is 5.62. The van der Waals surface area contributed by atoms with Crippen molar-refractivity contribution >= 4 is 11.9 Å². The molecule has 2 saturated heterocycles. The minimum absolute atomic E-state index is 0.0849. The average molecular weight is 468 g/mol. The van der Waals surface area contributed by atoms with Crippen molar-refractivity contribution in [2.45, 2.75) is 50.4 Å². The van der Waals surface area contributed by atoms with E-state index >= 15 is 0 Å². The van der Waals surface area contributed by atoms with E-state index in [0.29, 0.717) is 38.2 Å². The van der Waals surface area contributed by atoms with Crippen molar-refractivity contribution < 1.29 is 24.2 Å². The van der Waals surface area contributed by atoms with Crippen LogP contribution in [0.2, 0.25) is 0 Å². The Balaban J connectivity index is 1.33. The smallest absolute Gasteiger partial charge is 0.318 e. The number of amides is 3. The third-order valence-electron chi connectivity index (χ3n) is 6.59. The molecule has 34 heavy (non-hydrogen) atoms. The summed E-state index contributed by atoms with van der Waals surface area (Å²) in [5.41, 5.74) is 1.01. The van der Waals surface area contributed by atoms with Crippen molar-refractivity contribution in [3.63, 3.8) is 0 Å². The predicted molar refractivity (Wildman–Crippen MR) is 128 cm³/mol. The third-order valence-corrected chi connectivity index (χ3v) is 6.59. The van der Waals surface area contributed by atoms with Crippen molar-refractivity contribution in [1.82, 2.24) is 15.1 Å². The number of aliphatic hydroxyl groups is 1. The highest BCUT2D eigenvalue weighted by Gasteiger charge is 2.42. The quantitative estimate of drug-likeness (QED) is 0.623. The van der Waals surface area contributed by atoms with Gasteiger partial charge in [-0.05, 0) is 55.5 Å². The average Bonchev–Trinajstić information content (AvgIpc) is 3.57. The molecule has 8 nitrogen and oxygen atoms in total. The number of carbonyl (C=O) groups is 2. The molecule has 2 N–H and O–H groups in total. The number of nitrogens with one attached hydrogen (secondary N) is 1. The molecular formula is C26H33N3O5. The molecule has 3 amide bonds. The van der Waals surface area contributed by atoms with E-state index in [1.807, 2.05) is 30.3 Å². The number of carbonyl (C=O) groups excluding carboxylic acids is 2. The number of rotatable bonds is 8. The van der Waals surface area contributed by atoms with E-state index in [-0.39, 0.29) is 24.6 Å². The van der Waals surface area contributed by atoms with Crippen molar-refractivity contribution in [1.29, 1.82) is 0 Å². The van der Waals surface area contributed by atoms with E-state index in [1.54, 1.807) is 41.2 Å². The maximum atomic E-state index is 13.4. The number of urea groups is 1. The normalized spacial score (nSPS) is 20.8. The fourth-order valence-electron chi connectivity index (χ4n) is 4.76. The molecule has 0 aromatic heterocycles. The monoisotopic (exact) mass is 467 g/mol. The van der Waals surface area contributed by atoms with Crippen LogP contribution in [0.4, 0.5) is 4.79 Å². The summed E-state index contributed by atoms with van der Waals surface area (Å²) in [4.78, 5) is 29.7. The largest absolute Gasteiger partial charge is 0.497 e. The Kier molecular flexibility index (Phi) is 7.90. The molecule has 2 aliphatic rings. The van der Waals surface area contributed by atoms with E-state index in [1.165, 1.54) is 0 Å². The summed E-state index contributed by atoms with van der Waals surface area (Å²) in [6.45, 7) is 1.65. The Labute approximate surface area is 200 Å². The fraction of sp³-hybridized carbons (Fsp3) is 0.462. The van der Waals surface area contributed by atoms with Crippen LogP contribution in [0.25, 0.3) is 0 Å². The van der Waals surface area contributed by atoms with Crippen molar-refractivity contribution in [2.75, 3.05) is 26.8 Å². The highest BCUT2D eigenvalue weighted by Crippen LogP contribution is 2.27. The SMILES string of the molecule is COc1ccc(OC[C@@H](O)C2CCCN2C(=O)[C@@H]2CCCN2C(=O)NCc2ccccc2)cc1. The first-order chi connectivity index (χ1) is 16.6. The number of nitrogens with zero attached hydrogens (tertiary/aromatic N) is 2. The van der Waals surface area contributed by atoms with Crippen LogP contribution < -0.4 is 14.8 Å². The van der Waals surface area contributed by atoms with Crippen molar-refractivity contribution in [2.24, 2.45) is 0 Å². The number of hydrogen-bond donors (Lipinski definition) is 2. The minimum Gasteiger partial charge on any atom is -0.497 e. The van der Waals surface area contributed by atoms with Gasteiger partial charge < -0.3 is 29.7 Å². The first-order valence-electron chi connectivity index (χ1n) is 11.9. The predicted octanol–water partition coefficient (Wildman–Crippen LogP) is 2.80. The maximum absolute atomic E-state index is 13.4. The van der Waals surface area contributed by atoms with Gasteiger partial charge in [0.1, 0.15) is 30.3 Å². The van der Waals surface area contributed by atoms with Crippen LogP contribution in [-0.4, -0.2) is 71.8 Å². The van der Waals surface area contributed by atoms with Crippen molar-refractivity contribution in [3.8, 4) is 11.5 Å². The second-order valence-corrected chi connectivity index (χ2v) is 8.79. The summed E-state index contributed by atoms with van der Waals surface area (Å²) in [6.07, 6.45) is 2.15. The number of benzene rings is 2. The highest BCUT2D eigenvalue weighted by molar-refractivity contribution is 5.88. The zero-order valence-corrected chi connectivity index (χ0v) is 19.6. The van der Waals surface area contributed by atoms with E-state index in [2.05, 4.69) is 5.32 Å². The van der Waals surface area contributed by atoms with Crippen LogP contribution >= 0.6 is 0 Å². The van der Waals surface area contributed by atoms with Crippen LogP contribution in [0.15, 0.2) is 54.6 Å². The Hall–Kier alpha value is -3.26. The Morgan fingerprint density at radius 2 is 1.68 bits per heavy atom. The standard InChI is InChI=1S/C26H33N3O5/c1-33-20-11-13-21(14-12-20)34-18-24(30)22-9-5-15-28(22)25(31)23-10-6-16-29(23)26(32)27-17-19-7-3-2-4-8-19/h2-4,7-8,11-14,22-24,30H,5-6,9-10,15-18H2,1H3,(H,27,32)/t22?,23-,24+/m0/s1. The lowest BCUT2D eigenvalue weighted by Gasteiger charge is -2.33. The molecule has 2 heterocycles. The van der Waals surface area contributed by atoms with Gasteiger partial charge in [-0.25, -0.2) is 4.79 Å². The van der Waals surface area contributed by atoms with Crippen LogP contribution in [-0.2, 0) is 11.3 Å². The molecule has 0 radical (unpaired) electrons. The number of aliphatic hydroxyl groups excluding tert-OH is 1. The van der Waals surface area contributed by atoms with E-state index in [0.717, 1.165) is 24.2 Å². The number of hydrogen-bond acceptors (Lipinski definition) is 5. The topological polar surface area (TPSA) is 91.3 Å². The van der Waals surface area contributed by atoms with E-state index < -0.39 is 12.1 Å². The van der Waals surface area contributed by atoms with Gasteiger partial charge in [-0.1, -0.05) is 30.3 Å². The van der Waals surface area contributed by atoms with Crippen LogP contribution in [0.5, 0.6) is 11.5 Å². The van der Waals surface area contributed by atoms with Crippen LogP contribution in [0.1, 0.15) is 31.2 Å². The Bertz CT molecular complexity index is 953. The Morgan fingerprint density at radius 3 is 2.41 bits per heavy atom. The maximum Gasteiger partial charge on any atom is 0.318 e. The summed E-state index contributed by atoms with van der Waals surface area (Å²) in [6, 6.07) is 15.8. The summed E-state index contributed by atoms with van der Waals surface area (Å²) < 4.78 is 10.9. The van der Waals surface area contributed by atoms with Gasteiger partial charge in [0.25, 0.3) is 0 Å². The van der Waals surface area contributed by atoms with E-state index in [4.69, 9.17) is 9.47 Å². The second kappa shape index (κ2) is 11.2. The molecule has 2 fully saturated rings. The molecule has 3 atom stereocenters. The molecular weight excluding hydrogens is 434 g/mol. The lowest BCUT2D eigenvalue weighted by Crippen LogP contribution is -2.54. The molecule has 0 saturated carbocycles. The Morgan fingerprint density at radius 1 is 1.00 bits per heavy atom. The zero-order chi connectivity index (χ0) is 23.9. The number of likely N-dealkylation sites (tertiary alicyclic amines) is 2. The molecule has 0 spiro atoms. The number of methoxy groups -OCH3 is 1. The van der Waals surface area contributed by atoms with Gasteiger partial charge in [-0.15, -0.1) is 0 Å². The highest BCUT2D eigenvalue weighted by atomic mass is 16.5. The summed E-state index contributed by atoms with van der Waals surface area (Å²) >= 11 is 0. The molecule has 8 heteroatoms. The molecule has 4 rings (SSSR count). The van der Waals surface area contributed by atoms with Crippen LogP contribution in [0.3, 0.4) is 0 Å². The van der Waals surface area contributed by atoms with Gasteiger partial charge in [0.15, 0.2) is 0 Å². The van der Waals surface area contributed by atoms with Gasteiger partial charge in [-0.3, -0.25) is 4.79 Å². The lowest BCUT2D eigenvalue weighted by atomic mass is 10.1. The van der Waals surface area contributed by atoms with Gasteiger partial charge in [0.2, 0.25) is 5.91 Å². The minimum atomic E-state index is -0.810. The molecule has 0 aliphatic carbocycles. The van der Waals surface area contributed by atoms with Crippen LogP contribution in [0, 0.1) is 0 Å². The van der Waals surface area contributed by atoms with Gasteiger partial charge >= 0.3 is 6.03 Å². The lowest BCUT2D eigenvalue weighted by molar-refractivity contribution is -0.138. The number of ether oxygens (including phenoxy) is 2. The fourth-order valence-corrected chi connectivity index (χ4v) is 4.76. The van der Waals surface area contributed by atoms with Crippen molar-refractivity contribution in [3.05, 3.63) is 60.2 Å². The molecule has 182 valence electrons. The molecule has 2 aromatic carbocycles. The molecule has 1 unspecified atom stereocenters. The molecule has 2 aliphatic heterocycles. The van der Waals surface area contributed by atoms with Gasteiger partial charge in [0.05, 0.1) is 13.2 Å². The van der Waals surface area contributed by atoms with Gasteiger partial charge in [0, 0.05) is 19.6 Å². The summed E-state index contributed by atoms with van der Waals surface area (Å²) in [5, 5.41) is 13.8. The second-order valence-electron chi connectivity index (χ2n) is 8.79. The summed E-state index contributed by atoms with van der Waals surface area (Å²) in [5.74, 6) is 1.28. The van der Waals surface area contributed by atoms with Gasteiger partial charge in [-0.2, -0.15) is 0 Å². The molecule has 2 aromatic rings. The zero-order valence-electron chi connectivity index (χ0n) is 19.6. The molecule has 0 bridgehead atoms. The van der Waals surface area contributed by atoms with E-state index in [9.17, 15) is 14.7 Å². The first-order valence-corrected chi connectivity index (χ1v) is 11.9. The first kappa shape index (κ1) is 23.9. The summed E-state index contributed by atoms with van der Waals surface area (Å²) in [7, 11) is 1.60.